The Morgan fingerprint density at radius 1 is 0.909 bits per heavy atom. The van der Waals surface area contributed by atoms with E-state index in [4.69, 9.17) is 4.42 Å². The van der Waals surface area contributed by atoms with Crippen LogP contribution >= 0.6 is 31.9 Å². The van der Waals surface area contributed by atoms with Gasteiger partial charge in [0.15, 0.2) is 0 Å². The Morgan fingerprint density at radius 3 is 2.36 bits per heavy atom. The van der Waals surface area contributed by atoms with Gasteiger partial charge in [0.05, 0.1) is 6.54 Å². The Balaban J connectivity index is 1.72. The van der Waals surface area contributed by atoms with Gasteiger partial charge in [-0.25, -0.2) is 0 Å². The molecule has 2 aromatic carbocycles. The summed E-state index contributed by atoms with van der Waals surface area (Å²) in [6.07, 6.45) is 0. The van der Waals surface area contributed by atoms with E-state index >= 15 is 0 Å². The Labute approximate surface area is 146 Å². The highest BCUT2D eigenvalue weighted by Gasteiger charge is 2.08. The van der Waals surface area contributed by atoms with Crippen LogP contribution in [0.1, 0.15) is 11.3 Å². The van der Waals surface area contributed by atoms with Crippen LogP contribution in [0.15, 0.2) is 68.0 Å². The summed E-state index contributed by atoms with van der Waals surface area (Å²) < 4.78 is 8.10. The summed E-state index contributed by atoms with van der Waals surface area (Å²) >= 11 is 6.92. The molecule has 0 fully saturated rings. The summed E-state index contributed by atoms with van der Waals surface area (Å²) in [5, 5.41) is 3.35. The molecule has 0 bridgehead atoms. The van der Waals surface area contributed by atoms with Crippen molar-refractivity contribution in [1.82, 2.24) is 0 Å². The van der Waals surface area contributed by atoms with Crippen molar-refractivity contribution in [3.05, 3.63) is 74.9 Å². The van der Waals surface area contributed by atoms with Crippen molar-refractivity contribution in [3.63, 3.8) is 0 Å². The molecule has 0 atom stereocenters. The molecule has 0 aliphatic carbocycles. The van der Waals surface area contributed by atoms with Gasteiger partial charge in [-0.05, 0) is 67.1 Å². The molecule has 4 heteroatoms. The molecule has 0 radical (unpaired) electrons. The average Bonchev–Trinajstić information content (AvgIpc) is 2.95. The second-order valence-electron chi connectivity index (χ2n) is 5.09. The topological polar surface area (TPSA) is 25.2 Å². The fourth-order valence-corrected chi connectivity index (χ4v) is 3.02. The molecule has 3 aromatic rings. The van der Waals surface area contributed by atoms with E-state index < -0.39 is 0 Å². The highest BCUT2D eigenvalue weighted by Crippen LogP contribution is 2.28. The van der Waals surface area contributed by atoms with Crippen LogP contribution in [0.4, 0.5) is 5.69 Å². The first-order valence-corrected chi connectivity index (χ1v) is 8.55. The first-order chi connectivity index (χ1) is 10.6. The van der Waals surface area contributed by atoms with Gasteiger partial charge in [0.1, 0.15) is 11.5 Å². The van der Waals surface area contributed by atoms with Crippen LogP contribution in [0.5, 0.6) is 0 Å². The lowest BCUT2D eigenvalue weighted by Gasteiger charge is -2.05. The van der Waals surface area contributed by atoms with Crippen molar-refractivity contribution in [1.29, 1.82) is 0 Å². The molecule has 3 rings (SSSR count). The van der Waals surface area contributed by atoms with Gasteiger partial charge in [0.2, 0.25) is 0 Å². The van der Waals surface area contributed by atoms with Crippen molar-refractivity contribution in [2.45, 2.75) is 13.5 Å². The van der Waals surface area contributed by atoms with Crippen LogP contribution in [-0.4, -0.2) is 0 Å². The molecule has 0 saturated heterocycles. The molecule has 22 heavy (non-hydrogen) atoms. The van der Waals surface area contributed by atoms with Gasteiger partial charge in [-0.1, -0.05) is 31.9 Å². The Morgan fingerprint density at radius 2 is 1.64 bits per heavy atom. The maximum atomic E-state index is 5.95. The van der Waals surface area contributed by atoms with Crippen LogP contribution in [0, 0.1) is 6.92 Å². The van der Waals surface area contributed by atoms with Crippen molar-refractivity contribution < 1.29 is 4.42 Å². The first-order valence-electron chi connectivity index (χ1n) is 6.96. The fourth-order valence-electron chi connectivity index (χ4n) is 2.28. The van der Waals surface area contributed by atoms with Crippen molar-refractivity contribution in [3.8, 4) is 11.3 Å². The molecule has 0 aliphatic heterocycles. The highest BCUT2D eigenvalue weighted by atomic mass is 79.9. The third kappa shape index (κ3) is 3.62. The van der Waals surface area contributed by atoms with Crippen LogP contribution in [0.3, 0.4) is 0 Å². The van der Waals surface area contributed by atoms with E-state index in [1.807, 2.05) is 42.5 Å². The number of benzene rings is 2. The molecule has 112 valence electrons. The summed E-state index contributed by atoms with van der Waals surface area (Å²) in [5.74, 6) is 1.82. The number of rotatable bonds is 4. The quantitative estimate of drug-likeness (QED) is 0.528. The molecular weight excluding hydrogens is 406 g/mol. The van der Waals surface area contributed by atoms with Gasteiger partial charge >= 0.3 is 0 Å². The normalized spacial score (nSPS) is 10.7. The van der Waals surface area contributed by atoms with Crippen molar-refractivity contribution in [2.75, 3.05) is 5.32 Å². The van der Waals surface area contributed by atoms with Crippen LogP contribution in [0.25, 0.3) is 11.3 Å². The number of aryl methyl sites for hydroxylation is 1. The number of anilines is 1. The molecule has 0 saturated carbocycles. The van der Waals surface area contributed by atoms with Crippen LogP contribution in [-0.2, 0) is 6.54 Å². The van der Waals surface area contributed by atoms with E-state index in [-0.39, 0.29) is 0 Å². The summed E-state index contributed by atoms with van der Waals surface area (Å²) in [6, 6.07) is 18.3. The van der Waals surface area contributed by atoms with Gasteiger partial charge in [0, 0.05) is 20.2 Å². The molecule has 2 nitrogen and oxygen atoms in total. The zero-order valence-electron chi connectivity index (χ0n) is 12.1. The Kier molecular flexibility index (Phi) is 4.69. The molecule has 0 aliphatic rings. The maximum Gasteiger partial charge on any atom is 0.134 e. The summed E-state index contributed by atoms with van der Waals surface area (Å²) in [4.78, 5) is 0. The van der Waals surface area contributed by atoms with E-state index in [1.54, 1.807) is 0 Å². The predicted octanol–water partition coefficient (Wildman–Crippen LogP) is 6.39. The van der Waals surface area contributed by atoms with Gasteiger partial charge in [-0.15, -0.1) is 0 Å². The number of hydrogen-bond acceptors (Lipinski definition) is 2. The maximum absolute atomic E-state index is 5.95. The smallest absolute Gasteiger partial charge is 0.134 e. The minimum atomic E-state index is 0.664. The molecular formula is C18H15Br2NO. The summed E-state index contributed by atoms with van der Waals surface area (Å²) in [6.45, 7) is 2.75. The largest absolute Gasteiger partial charge is 0.459 e. The highest BCUT2D eigenvalue weighted by molar-refractivity contribution is 9.10. The van der Waals surface area contributed by atoms with E-state index in [0.29, 0.717) is 6.54 Å². The van der Waals surface area contributed by atoms with Gasteiger partial charge in [-0.2, -0.15) is 0 Å². The average molecular weight is 421 g/mol. The SMILES string of the molecule is Cc1cc(Br)ccc1-c1ccc(CNc2ccc(Br)cc2)o1. The lowest BCUT2D eigenvalue weighted by atomic mass is 10.1. The van der Waals surface area contributed by atoms with E-state index in [9.17, 15) is 0 Å². The monoisotopic (exact) mass is 419 g/mol. The van der Waals surface area contributed by atoms with Crippen LogP contribution in [0.2, 0.25) is 0 Å². The van der Waals surface area contributed by atoms with Crippen molar-refractivity contribution >= 4 is 37.5 Å². The first kappa shape index (κ1) is 15.4. The van der Waals surface area contributed by atoms with Gasteiger partial charge < -0.3 is 9.73 Å². The zero-order valence-corrected chi connectivity index (χ0v) is 15.2. The number of hydrogen-bond donors (Lipinski definition) is 1. The molecule has 0 spiro atoms. The molecule has 0 unspecified atom stereocenters. The number of furan rings is 1. The number of halogens is 2. The summed E-state index contributed by atoms with van der Waals surface area (Å²) in [5.41, 5.74) is 3.38. The minimum Gasteiger partial charge on any atom is -0.459 e. The second kappa shape index (κ2) is 6.71. The van der Waals surface area contributed by atoms with Crippen molar-refractivity contribution in [2.24, 2.45) is 0 Å². The van der Waals surface area contributed by atoms with E-state index in [0.717, 1.165) is 31.7 Å². The lowest BCUT2D eigenvalue weighted by Crippen LogP contribution is -1.97. The molecule has 1 N–H and O–H groups in total. The standard InChI is InChI=1S/C18H15Br2NO/c1-12-10-14(20)4-8-17(12)18-9-7-16(22-18)11-21-15-5-2-13(19)3-6-15/h2-10,21H,11H2,1H3. The third-order valence-electron chi connectivity index (χ3n) is 3.43. The fraction of sp³-hybridized carbons (Fsp3) is 0.111. The van der Waals surface area contributed by atoms with Crippen LogP contribution < -0.4 is 5.32 Å². The van der Waals surface area contributed by atoms with Gasteiger partial charge in [0.25, 0.3) is 0 Å². The predicted molar refractivity (Wildman–Crippen MR) is 98.0 cm³/mol. The molecule has 0 amide bonds. The lowest BCUT2D eigenvalue weighted by molar-refractivity contribution is 0.531. The van der Waals surface area contributed by atoms with E-state index in [2.05, 4.69) is 56.2 Å². The van der Waals surface area contributed by atoms with E-state index in [1.165, 1.54) is 5.56 Å². The molecule has 1 aromatic heterocycles. The minimum absolute atomic E-state index is 0.664. The number of nitrogens with one attached hydrogen (secondary N) is 1. The Hall–Kier alpha value is -1.52. The van der Waals surface area contributed by atoms with Gasteiger partial charge in [-0.3, -0.25) is 0 Å². The molecule has 1 heterocycles. The summed E-state index contributed by atoms with van der Waals surface area (Å²) in [7, 11) is 0. The Bertz CT molecular complexity index is 778. The third-order valence-corrected chi connectivity index (χ3v) is 4.45. The zero-order chi connectivity index (χ0) is 15.5. The second-order valence-corrected chi connectivity index (χ2v) is 6.92.